The van der Waals surface area contributed by atoms with E-state index in [1.165, 1.54) is 18.6 Å². The van der Waals surface area contributed by atoms with Crippen molar-refractivity contribution in [1.82, 2.24) is 14.9 Å². The molecule has 1 aromatic heterocycles. The second-order valence-electron chi connectivity index (χ2n) is 5.98. The first kappa shape index (κ1) is 16.1. The number of benzene rings is 1. The monoisotopic (exact) mass is 324 g/mol. The predicted molar refractivity (Wildman–Crippen MR) is 90.5 cm³/mol. The number of carbonyl (C=O) groups excluding carboxylic acids is 2. The summed E-state index contributed by atoms with van der Waals surface area (Å²) in [6.07, 6.45) is 6.72. The van der Waals surface area contributed by atoms with E-state index in [1.54, 1.807) is 4.90 Å². The highest BCUT2D eigenvalue weighted by atomic mass is 16.2. The van der Waals surface area contributed by atoms with Gasteiger partial charge in [-0.2, -0.15) is 0 Å². The molecule has 2 aromatic rings. The number of aromatic nitrogens is 2. The summed E-state index contributed by atoms with van der Waals surface area (Å²) >= 11 is 0. The summed E-state index contributed by atoms with van der Waals surface area (Å²) in [6.45, 7) is 2.38. The highest BCUT2D eigenvalue weighted by molar-refractivity contribution is 5.94. The zero-order chi connectivity index (χ0) is 16.9. The van der Waals surface area contributed by atoms with Gasteiger partial charge in [0, 0.05) is 37.1 Å². The maximum Gasteiger partial charge on any atom is 0.274 e. The predicted octanol–water partition coefficient (Wildman–Crippen LogP) is 2.42. The molecule has 0 spiro atoms. The number of carbonyl (C=O) groups is 2. The number of hydrogen-bond acceptors (Lipinski definition) is 4. The Labute approximate surface area is 140 Å². The van der Waals surface area contributed by atoms with Crippen LogP contribution >= 0.6 is 0 Å². The van der Waals surface area contributed by atoms with Crippen LogP contribution in [0.15, 0.2) is 42.9 Å². The Morgan fingerprint density at radius 2 is 1.96 bits per heavy atom. The molecule has 0 atom stereocenters. The molecule has 1 aromatic carbocycles. The molecule has 2 amide bonds. The zero-order valence-corrected chi connectivity index (χ0v) is 13.6. The lowest BCUT2D eigenvalue weighted by Crippen LogP contribution is -2.36. The Morgan fingerprint density at radius 3 is 2.58 bits per heavy atom. The standard InChI is InChI=1S/C18H20N4O2/c1-13-2-4-14(5-3-13)21-17(23)8-11-22(15-6-7-15)18(24)16-12-19-9-10-20-16/h2-5,9-10,12,15H,6-8,11H2,1H3,(H,21,23). The molecule has 24 heavy (non-hydrogen) atoms. The minimum atomic E-state index is -0.159. The van der Waals surface area contributed by atoms with Gasteiger partial charge in [-0.25, -0.2) is 4.98 Å². The quantitative estimate of drug-likeness (QED) is 0.885. The highest BCUT2D eigenvalue weighted by Gasteiger charge is 2.33. The smallest absolute Gasteiger partial charge is 0.274 e. The van der Waals surface area contributed by atoms with Gasteiger partial charge in [0.15, 0.2) is 0 Å². The van der Waals surface area contributed by atoms with E-state index in [0.29, 0.717) is 12.2 Å². The Morgan fingerprint density at radius 1 is 1.21 bits per heavy atom. The fourth-order valence-corrected chi connectivity index (χ4v) is 2.48. The van der Waals surface area contributed by atoms with Crippen LogP contribution in [-0.4, -0.2) is 39.3 Å². The van der Waals surface area contributed by atoms with Gasteiger partial charge in [-0.15, -0.1) is 0 Å². The molecule has 0 bridgehead atoms. The van der Waals surface area contributed by atoms with Crippen molar-refractivity contribution in [2.75, 3.05) is 11.9 Å². The van der Waals surface area contributed by atoms with Gasteiger partial charge in [-0.1, -0.05) is 17.7 Å². The molecule has 0 aliphatic heterocycles. The van der Waals surface area contributed by atoms with Crippen molar-refractivity contribution >= 4 is 17.5 Å². The van der Waals surface area contributed by atoms with E-state index in [1.807, 2.05) is 31.2 Å². The summed E-state index contributed by atoms with van der Waals surface area (Å²) < 4.78 is 0. The molecule has 0 unspecified atom stereocenters. The molecule has 1 N–H and O–H groups in total. The number of aryl methyl sites for hydroxylation is 1. The topological polar surface area (TPSA) is 75.2 Å². The third kappa shape index (κ3) is 4.16. The first-order valence-corrected chi connectivity index (χ1v) is 8.07. The van der Waals surface area contributed by atoms with Crippen molar-refractivity contribution in [3.8, 4) is 0 Å². The van der Waals surface area contributed by atoms with Crippen LogP contribution in [0.1, 0.15) is 35.3 Å². The van der Waals surface area contributed by atoms with Gasteiger partial charge >= 0.3 is 0 Å². The fourth-order valence-electron chi connectivity index (χ4n) is 2.48. The minimum absolute atomic E-state index is 0.101. The van der Waals surface area contributed by atoms with Crippen LogP contribution in [0.2, 0.25) is 0 Å². The summed E-state index contributed by atoms with van der Waals surface area (Å²) in [4.78, 5) is 34.4. The van der Waals surface area contributed by atoms with E-state index < -0.39 is 0 Å². The Bertz CT molecular complexity index is 712. The van der Waals surface area contributed by atoms with Gasteiger partial charge in [0.25, 0.3) is 5.91 Å². The average Bonchev–Trinajstić information content (AvgIpc) is 3.43. The first-order valence-electron chi connectivity index (χ1n) is 8.07. The van der Waals surface area contributed by atoms with Gasteiger partial charge in [-0.05, 0) is 31.9 Å². The Kier molecular flexibility index (Phi) is 4.84. The molecule has 1 fully saturated rings. The van der Waals surface area contributed by atoms with Crippen LogP contribution in [0.4, 0.5) is 5.69 Å². The van der Waals surface area contributed by atoms with Gasteiger partial charge in [-0.3, -0.25) is 14.6 Å². The van der Waals surface area contributed by atoms with Crippen LogP contribution < -0.4 is 5.32 Å². The van der Waals surface area contributed by atoms with Crippen molar-refractivity contribution in [2.24, 2.45) is 0 Å². The SMILES string of the molecule is Cc1ccc(NC(=O)CCN(C(=O)c2cnccn2)C2CC2)cc1. The second kappa shape index (κ2) is 7.21. The van der Waals surface area contributed by atoms with Crippen LogP contribution in [0.3, 0.4) is 0 Å². The maximum atomic E-state index is 12.5. The summed E-state index contributed by atoms with van der Waals surface area (Å²) in [7, 11) is 0. The third-order valence-corrected chi connectivity index (χ3v) is 3.95. The molecule has 6 heteroatoms. The second-order valence-corrected chi connectivity index (χ2v) is 5.98. The molecule has 1 aliphatic carbocycles. The Hall–Kier alpha value is -2.76. The summed E-state index contributed by atoms with van der Waals surface area (Å²) in [5.41, 5.74) is 2.23. The third-order valence-electron chi connectivity index (χ3n) is 3.95. The van der Waals surface area contributed by atoms with Gasteiger partial charge in [0.2, 0.25) is 5.91 Å². The largest absolute Gasteiger partial charge is 0.334 e. The molecule has 0 saturated heterocycles. The van der Waals surface area contributed by atoms with E-state index in [2.05, 4.69) is 15.3 Å². The van der Waals surface area contributed by atoms with Crippen LogP contribution in [-0.2, 0) is 4.79 Å². The molecule has 1 heterocycles. The molecule has 124 valence electrons. The van der Waals surface area contributed by atoms with Crippen molar-refractivity contribution < 1.29 is 9.59 Å². The van der Waals surface area contributed by atoms with Gasteiger partial charge in [0.1, 0.15) is 5.69 Å². The normalized spacial score (nSPS) is 13.4. The van der Waals surface area contributed by atoms with Crippen LogP contribution in [0.25, 0.3) is 0 Å². The van der Waals surface area contributed by atoms with Crippen molar-refractivity contribution in [2.45, 2.75) is 32.2 Å². The number of amides is 2. The number of nitrogens with zero attached hydrogens (tertiary/aromatic N) is 3. The van der Waals surface area contributed by atoms with Crippen LogP contribution in [0.5, 0.6) is 0 Å². The number of rotatable bonds is 6. The van der Waals surface area contributed by atoms with Crippen molar-refractivity contribution in [3.63, 3.8) is 0 Å². The van der Waals surface area contributed by atoms with Crippen molar-refractivity contribution in [1.29, 1.82) is 0 Å². The molecular formula is C18H20N4O2. The highest BCUT2D eigenvalue weighted by Crippen LogP contribution is 2.28. The lowest BCUT2D eigenvalue weighted by atomic mass is 10.2. The lowest BCUT2D eigenvalue weighted by molar-refractivity contribution is -0.116. The number of anilines is 1. The maximum absolute atomic E-state index is 12.5. The van der Waals surface area contributed by atoms with Crippen LogP contribution in [0, 0.1) is 6.92 Å². The number of nitrogens with one attached hydrogen (secondary N) is 1. The fraction of sp³-hybridized carbons (Fsp3) is 0.333. The zero-order valence-electron chi connectivity index (χ0n) is 13.6. The molecule has 1 saturated carbocycles. The first-order chi connectivity index (χ1) is 11.6. The average molecular weight is 324 g/mol. The Balaban J connectivity index is 1.57. The van der Waals surface area contributed by atoms with Gasteiger partial charge in [0.05, 0.1) is 6.20 Å². The molecule has 3 rings (SSSR count). The van der Waals surface area contributed by atoms with Gasteiger partial charge < -0.3 is 10.2 Å². The molecule has 1 aliphatic rings. The minimum Gasteiger partial charge on any atom is -0.334 e. The molecular weight excluding hydrogens is 304 g/mol. The summed E-state index contributed by atoms with van der Waals surface area (Å²) in [5, 5.41) is 2.86. The summed E-state index contributed by atoms with van der Waals surface area (Å²) in [6, 6.07) is 7.85. The van der Waals surface area contributed by atoms with Crippen molar-refractivity contribution in [3.05, 3.63) is 54.1 Å². The lowest BCUT2D eigenvalue weighted by Gasteiger charge is -2.21. The van der Waals surface area contributed by atoms with E-state index in [-0.39, 0.29) is 24.3 Å². The van der Waals surface area contributed by atoms with E-state index in [9.17, 15) is 9.59 Å². The molecule has 0 radical (unpaired) electrons. The summed E-state index contributed by atoms with van der Waals surface area (Å²) in [5.74, 6) is -0.259. The number of hydrogen-bond donors (Lipinski definition) is 1. The van der Waals surface area contributed by atoms with E-state index in [0.717, 1.165) is 24.1 Å². The van der Waals surface area contributed by atoms with E-state index in [4.69, 9.17) is 0 Å². The van der Waals surface area contributed by atoms with E-state index >= 15 is 0 Å². The molecule has 6 nitrogen and oxygen atoms in total.